The van der Waals surface area contributed by atoms with Gasteiger partial charge in [-0.3, -0.25) is 19.5 Å². The molecule has 4 heteroatoms. The molecule has 0 unspecified atom stereocenters. The maximum Gasteiger partial charge on any atom is 0.242 e. The van der Waals surface area contributed by atoms with Crippen LogP contribution in [-0.2, 0) is 10.2 Å². The third kappa shape index (κ3) is 12.9. The van der Waals surface area contributed by atoms with E-state index in [1.165, 1.54) is 158 Å². The van der Waals surface area contributed by atoms with Crippen molar-refractivity contribution >= 4 is 17.3 Å². The Kier molecular flexibility index (Phi) is 18.9. The van der Waals surface area contributed by atoms with Gasteiger partial charge in [0.2, 0.25) is 5.91 Å². The Hall–Kier alpha value is -2.69. The minimum atomic E-state index is -0.554. The predicted octanol–water partition coefficient (Wildman–Crippen LogP) is 13.5. The minimum Gasteiger partial charge on any atom is -0.299 e. The van der Waals surface area contributed by atoms with Gasteiger partial charge in [0.1, 0.15) is 0 Å². The number of unbranched alkanes of at least 4 members (excludes halogenated alkanes) is 18. The van der Waals surface area contributed by atoms with Crippen molar-refractivity contribution in [2.24, 2.45) is 0 Å². The maximum absolute atomic E-state index is 15.0. The highest BCUT2D eigenvalue weighted by atomic mass is 16.2. The monoisotopic (exact) mass is 736 g/mol. The Morgan fingerprint density at radius 3 is 1.39 bits per heavy atom. The van der Waals surface area contributed by atoms with Gasteiger partial charge < -0.3 is 0 Å². The van der Waals surface area contributed by atoms with Crippen molar-refractivity contribution in [3.8, 4) is 0 Å². The van der Waals surface area contributed by atoms with E-state index in [-0.39, 0.29) is 5.91 Å². The number of nitrogens with zero attached hydrogens (tertiary/aromatic N) is 3. The summed E-state index contributed by atoms with van der Waals surface area (Å²) >= 11 is 0. The second-order valence-corrected chi connectivity index (χ2v) is 17.1. The third-order valence-corrected chi connectivity index (χ3v) is 12.8. The number of benzene rings is 2. The molecule has 0 N–H and O–H groups in total. The molecule has 2 aromatic rings. The molecule has 3 aliphatic heterocycles. The van der Waals surface area contributed by atoms with Crippen LogP contribution >= 0.6 is 0 Å². The van der Waals surface area contributed by atoms with Gasteiger partial charge in [-0.2, -0.15) is 0 Å². The van der Waals surface area contributed by atoms with Crippen LogP contribution in [0.25, 0.3) is 0 Å². The number of rotatable bonds is 27. The summed E-state index contributed by atoms with van der Waals surface area (Å²) in [6, 6.07) is 19.1. The molecule has 0 atom stereocenters. The van der Waals surface area contributed by atoms with Crippen LogP contribution in [0.5, 0.6) is 0 Å². The zero-order valence-corrected chi connectivity index (χ0v) is 34.8. The van der Waals surface area contributed by atoms with E-state index in [4.69, 9.17) is 0 Å². The molecule has 0 saturated carbocycles. The molecule has 0 aliphatic carbocycles. The standard InChI is InChI=1S/C50H77N3O/c1-3-5-7-9-11-13-15-17-19-26-36-51-38-32-44(33-39-51)42-50(47-30-24-25-31-48(47)53(49(50)54)46-28-22-21-23-29-46)43-45-34-40-52(41-35-45)37-27-20-18-16-14-12-10-8-6-4-2/h21-25,28-32,34H,3-20,26-27,33,35-43H2,1-2H3. The van der Waals surface area contributed by atoms with E-state index in [9.17, 15) is 0 Å². The number of carbonyl (C=O) groups is 1. The summed E-state index contributed by atoms with van der Waals surface area (Å²) < 4.78 is 0. The molecular weight excluding hydrogens is 659 g/mol. The molecule has 54 heavy (non-hydrogen) atoms. The molecule has 0 fully saturated rings. The summed E-state index contributed by atoms with van der Waals surface area (Å²) in [4.78, 5) is 22.4. The van der Waals surface area contributed by atoms with Gasteiger partial charge in [-0.25, -0.2) is 0 Å². The number of carbonyl (C=O) groups excluding carboxylic acids is 1. The molecule has 4 nitrogen and oxygen atoms in total. The van der Waals surface area contributed by atoms with Gasteiger partial charge in [-0.15, -0.1) is 0 Å². The first-order valence-electron chi connectivity index (χ1n) is 22.9. The Bertz CT molecular complexity index is 1360. The summed E-state index contributed by atoms with van der Waals surface area (Å²) in [5.41, 5.74) is 5.68. The number of hydrogen-bond donors (Lipinski definition) is 0. The zero-order valence-electron chi connectivity index (χ0n) is 34.8. The lowest BCUT2D eigenvalue weighted by Gasteiger charge is -2.35. The number of fused-ring (bicyclic) bond motifs is 1. The molecule has 0 bridgehead atoms. The van der Waals surface area contributed by atoms with Crippen molar-refractivity contribution in [1.82, 2.24) is 9.80 Å². The van der Waals surface area contributed by atoms with Gasteiger partial charge in [0.15, 0.2) is 0 Å². The van der Waals surface area contributed by atoms with Crippen molar-refractivity contribution < 1.29 is 4.79 Å². The third-order valence-electron chi connectivity index (χ3n) is 12.8. The first-order valence-corrected chi connectivity index (χ1v) is 22.9. The van der Waals surface area contributed by atoms with Crippen molar-refractivity contribution in [2.75, 3.05) is 44.2 Å². The van der Waals surface area contributed by atoms with Crippen molar-refractivity contribution in [3.05, 3.63) is 83.5 Å². The lowest BCUT2D eigenvalue weighted by Crippen LogP contribution is -2.41. The van der Waals surface area contributed by atoms with E-state index in [1.807, 2.05) is 11.0 Å². The number of amides is 1. The van der Waals surface area contributed by atoms with Crippen LogP contribution in [0.15, 0.2) is 77.9 Å². The normalized spacial score (nSPS) is 17.5. The van der Waals surface area contributed by atoms with E-state index < -0.39 is 5.41 Å². The van der Waals surface area contributed by atoms with E-state index in [0.717, 1.165) is 63.2 Å². The molecule has 298 valence electrons. The molecule has 0 radical (unpaired) electrons. The molecule has 2 aromatic carbocycles. The molecule has 3 heterocycles. The molecule has 0 saturated heterocycles. The zero-order chi connectivity index (χ0) is 37.7. The highest BCUT2D eigenvalue weighted by Crippen LogP contribution is 2.52. The fourth-order valence-electron chi connectivity index (χ4n) is 9.40. The van der Waals surface area contributed by atoms with Gasteiger partial charge in [-0.1, -0.05) is 189 Å². The smallest absolute Gasteiger partial charge is 0.242 e. The van der Waals surface area contributed by atoms with Crippen LogP contribution in [0.3, 0.4) is 0 Å². The van der Waals surface area contributed by atoms with Crippen LogP contribution < -0.4 is 4.90 Å². The van der Waals surface area contributed by atoms with Gasteiger partial charge in [0.05, 0.1) is 11.1 Å². The topological polar surface area (TPSA) is 26.8 Å². The lowest BCUT2D eigenvalue weighted by atomic mass is 9.70. The number of para-hydroxylation sites is 2. The summed E-state index contributed by atoms with van der Waals surface area (Å²) in [5, 5.41) is 0. The minimum absolute atomic E-state index is 0.261. The largest absolute Gasteiger partial charge is 0.299 e. The summed E-state index contributed by atoms with van der Waals surface area (Å²) in [5.74, 6) is 0.261. The molecule has 1 amide bonds. The van der Waals surface area contributed by atoms with Gasteiger partial charge in [0.25, 0.3) is 0 Å². The highest BCUT2D eigenvalue weighted by molar-refractivity contribution is 6.13. The van der Waals surface area contributed by atoms with Crippen LogP contribution in [0.4, 0.5) is 11.4 Å². The summed E-state index contributed by atoms with van der Waals surface area (Å²) in [7, 11) is 0. The first kappa shape index (κ1) is 42.5. The van der Waals surface area contributed by atoms with Gasteiger partial charge >= 0.3 is 0 Å². The molecular formula is C50H77N3O. The van der Waals surface area contributed by atoms with Crippen molar-refractivity contribution in [3.63, 3.8) is 0 Å². The van der Waals surface area contributed by atoms with E-state index in [2.05, 4.69) is 84.3 Å². The van der Waals surface area contributed by atoms with E-state index >= 15 is 4.79 Å². The number of anilines is 2. The summed E-state index contributed by atoms with van der Waals surface area (Å²) in [6.07, 6.45) is 36.6. The lowest BCUT2D eigenvalue weighted by molar-refractivity contribution is -0.122. The van der Waals surface area contributed by atoms with Crippen molar-refractivity contribution in [2.45, 2.75) is 173 Å². The number of hydrogen-bond acceptors (Lipinski definition) is 3. The predicted molar refractivity (Wildman–Crippen MR) is 233 cm³/mol. The summed E-state index contributed by atoms with van der Waals surface area (Å²) in [6.45, 7) is 11.3. The Labute approximate surface area is 331 Å². The Balaban J connectivity index is 1.16. The molecule has 0 spiro atoms. The average molecular weight is 736 g/mol. The van der Waals surface area contributed by atoms with Crippen LogP contribution in [-0.4, -0.2) is 55.0 Å². The van der Waals surface area contributed by atoms with Gasteiger partial charge in [0, 0.05) is 31.9 Å². The van der Waals surface area contributed by atoms with Crippen molar-refractivity contribution in [1.29, 1.82) is 0 Å². The highest BCUT2D eigenvalue weighted by Gasteiger charge is 2.51. The van der Waals surface area contributed by atoms with E-state index in [1.54, 1.807) is 0 Å². The molecule has 0 aromatic heterocycles. The fourth-order valence-corrected chi connectivity index (χ4v) is 9.40. The fraction of sp³-hybridized carbons (Fsp3) is 0.660. The maximum atomic E-state index is 15.0. The first-order chi connectivity index (χ1) is 26.6. The second-order valence-electron chi connectivity index (χ2n) is 17.1. The average Bonchev–Trinajstić information content (AvgIpc) is 3.44. The van der Waals surface area contributed by atoms with Crippen LogP contribution in [0.1, 0.15) is 174 Å². The second kappa shape index (κ2) is 24.1. The van der Waals surface area contributed by atoms with Crippen LogP contribution in [0, 0.1) is 0 Å². The van der Waals surface area contributed by atoms with E-state index in [0.29, 0.717) is 0 Å². The molecule has 5 rings (SSSR count). The molecule has 3 aliphatic rings. The quantitative estimate of drug-likeness (QED) is 0.0675. The SMILES string of the molecule is CCCCCCCCCCCCN1CC=C(CC2(CC3=CCN(CCCCCCCCCCCC)CC3)C(=O)N(c3ccccc3)c3ccccc32)CC1. The van der Waals surface area contributed by atoms with Gasteiger partial charge in [-0.05, 0) is 75.4 Å². The van der Waals surface area contributed by atoms with Crippen LogP contribution in [0.2, 0.25) is 0 Å². The Morgan fingerprint density at radius 2 is 0.944 bits per heavy atom. The Morgan fingerprint density at radius 1 is 0.519 bits per heavy atom.